The van der Waals surface area contributed by atoms with Gasteiger partial charge in [0.2, 0.25) is 5.43 Å². The van der Waals surface area contributed by atoms with Gasteiger partial charge in [-0.05, 0) is 78.5 Å². The number of hydrogen-bond donors (Lipinski definition) is 0. The van der Waals surface area contributed by atoms with Gasteiger partial charge in [0.1, 0.15) is 10.1 Å². The molecular formula is C22H11Br4KO5. The van der Waals surface area contributed by atoms with E-state index in [4.69, 9.17) is 9.15 Å². The molecule has 0 saturated carbocycles. The summed E-state index contributed by atoms with van der Waals surface area (Å²) < 4.78 is 12.4. The molecule has 2 aromatic rings. The second-order valence-electron chi connectivity index (χ2n) is 6.50. The fraction of sp³-hybridized carbons (Fsp3) is 0.0909. The van der Waals surface area contributed by atoms with E-state index in [1.165, 1.54) is 0 Å². The molecule has 158 valence electrons. The van der Waals surface area contributed by atoms with Gasteiger partial charge < -0.3 is 14.3 Å². The molecule has 0 N–H and O–H groups in total. The van der Waals surface area contributed by atoms with Gasteiger partial charge in [-0.15, -0.1) is 0 Å². The molecule has 4 rings (SSSR count). The van der Waals surface area contributed by atoms with Crippen LogP contribution in [0.1, 0.15) is 17.3 Å². The first-order valence-corrected chi connectivity index (χ1v) is 12.1. The summed E-state index contributed by atoms with van der Waals surface area (Å²) >= 11 is 13.3. The minimum absolute atomic E-state index is 0. The number of benzene rings is 3. The van der Waals surface area contributed by atoms with Crippen molar-refractivity contribution in [3.8, 4) is 28.2 Å². The topological polar surface area (TPSA) is 79.6 Å². The van der Waals surface area contributed by atoms with Crippen molar-refractivity contribution in [2.75, 3.05) is 6.61 Å². The molecule has 0 fully saturated rings. The fourth-order valence-electron chi connectivity index (χ4n) is 3.36. The molecule has 2 aromatic carbocycles. The average Bonchev–Trinajstić information content (AvgIpc) is 2.75. The predicted octanol–water partition coefficient (Wildman–Crippen LogP) is 3.87. The summed E-state index contributed by atoms with van der Waals surface area (Å²) in [4.78, 5) is 25.2. The third kappa shape index (κ3) is 4.59. The molecule has 0 aromatic heterocycles. The summed E-state index contributed by atoms with van der Waals surface area (Å²) in [5, 5.41) is 13.1. The third-order valence-corrected chi connectivity index (χ3v) is 7.32. The molecule has 10 heteroatoms. The Morgan fingerprint density at radius 3 is 2.41 bits per heavy atom. The number of ether oxygens (including phenoxy) is 1. The molecule has 1 heterocycles. The third-order valence-electron chi connectivity index (χ3n) is 4.70. The van der Waals surface area contributed by atoms with Crippen molar-refractivity contribution in [3.63, 3.8) is 0 Å². The largest absolute Gasteiger partial charge is 1.00 e. The second-order valence-corrected chi connectivity index (χ2v) is 9.79. The van der Waals surface area contributed by atoms with Crippen molar-refractivity contribution in [1.29, 1.82) is 0 Å². The van der Waals surface area contributed by atoms with Crippen LogP contribution in [0.5, 0.6) is 5.75 Å². The van der Waals surface area contributed by atoms with Crippen LogP contribution >= 0.6 is 63.7 Å². The molecule has 0 amide bonds. The molecule has 0 atom stereocenters. The molecule has 2 aliphatic rings. The molecular weight excluding hydrogens is 703 g/mol. The van der Waals surface area contributed by atoms with Crippen molar-refractivity contribution in [2.45, 2.75) is 6.92 Å². The van der Waals surface area contributed by atoms with Gasteiger partial charge in [0.05, 0.1) is 21.1 Å². The number of carbonyl (C=O) groups is 1. The van der Waals surface area contributed by atoms with Crippen molar-refractivity contribution in [2.24, 2.45) is 0 Å². The van der Waals surface area contributed by atoms with Gasteiger partial charge in [-0.1, -0.05) is 39.9 Å². The summed E-state index contributed by atoms with van der Waals surface area (Å²) in [6.45, 7) is 1.97. The second kappa shape index (κ2) is 10.7. The maximum Gasteiger partial charge on any atom is 1.00 e. The Morgan fingerprint density at radius 2 is 1.72 bits per heavy atom. The minimum atomic E-state index is -0.475. The molecule has 1 aliphatic carbocycles. The van der Waals surface area contributed by atoms with Crippen molar-refractivity contribution < 1.29 is 70.4 Å². The van der Waals surface area contributed by atoms with Gasteiger partial charge in [0, 0.05) is 21.0 Å². The molecule has 0 saturated heterocycles. The zero-order valence-corrected chi connectivity index (χ0v) is 26.2. The number of esters is 1. The molecule has 0 spiro atoms. The average molecular weight is 714 g/mol. The Labute approximate surface area is 259 Å². The van der Waals surface area contributed by atoms with E-state index in [0.29, 0.717) is 36.6 Å². The van der Waals surface area contributed by atoms with Crippen LogP contribution in [-0.2, 0) is 4.74 Å². The van der Waals surface area contributed by atoms with Crippen LogP contribution in [0, 0.1) is 0 Å². The Hall–Kier alpha value is -0.0436. The quantitative estimate of drug-likeness (QED) is 0.183. The van der Waals surface area contributed by atoms with Crippen LogP contribution in [-0.4, -0.2) is 12.6 Å². The first-order valence-electron chi connectivity index (χ1n) is 8.96. The maximum absolute atomic E-state index is 12.7. The number of fused-ring (bicyclic) bond motifs is 2. The Bertz CT molecular complexity index is 1400. The maximum atomic E-state index is 12.7. The minimum Gasteiger partial charge on any atom is -0.871 e. The van der Waals surface area contributed by atoms with E-state index in [1.807, 2.05) is 0 Å². The summed E-state index contributed by atoms with van der Waals surface area (Å²) in [6.07, 6.45) is 0. The van der Waals surface area contributed by atoms with E-state index >= 15 is 0 Å². The van der Waals surface area contributed by atoms with E-state index in [-0.39, 0.29) is 89.5 Å². The van der Waals surface area contributed by atoms with Gasteiger partial charge in [0.15, 0.2) is 5.76 Å². The molecule has 0 radical (unpaired) electrons. The van der Waals surface area contributed by atoms with Crippen LogP contribution < -0.4 is 61.9 Å². The Balaban J connectivity index is 0.00000289. The SMILES string of the molecule is CCOC(=O)c1ccccc1-c1c2cc(Br)c(=O)c(Br)c-2oc2c(Br)c([O-])c(Br)cc12.[K+]. The van der Waals surface area contributed by atoms with Crippen LogP contribution in [0.25, 0.3) is 33.4 Å². The number of rotatable bonds is 3. The van der Waals surface area contributed by atoms with Gasteiger partial charge in [-0.2, -0.15) is 0 Å². The van der Waals surface area contributed by atoms with Crippen LogP contribution in [0.4, 0.5) is 0 Å². The standard InChI is InChI=1S/C22H12Br4O5.K/c1-2-30-22(29)10-6-4-3-5-9(10)15-11-7-13(23)18(27)16(25)20(11)31-21-12(15)8-14(24)19(28)17(21)26;/h3-8,27H,2H2,1H3;/q;+1/p-1. The fourth-order valence-corrected chi connectivity index (χ4v) is 5.77. The Kier molecular flexibility index (Phi) is 8.88. The van der Waals surface area contributed by atoms with Gasteiger partial charge in [-0.3, -0.25) is 4.79 Å². The molecule has 1 aliphatic heterocycles. The summed E-state index contributed by atoms with van der Waals surface area (Å²) in [5.74, 6) is -0.509. The number of hydrogen-bond acceptors (Lipinski definition) is 5. The Morgan fingerprint density at radius 1 is 1.03 bits per heavy atom. The predicted molar refractivity (Wildman–Crippen MR) is 131 cm³/mol. The van der Waals surface area contributed by atoms with Crippen LogP contribution in [0.3, 0.4) is 0 Å². The van der Waals surface area contributed by atoms with Crippen molar-refractivity contribution >= 4 is 80.7 Å². The van der Waals surface area contributed by atoms with E-state index in [0.717, 1.165) is 0 Å². The summed E-state index contributed by atoms with van der Waals surface area (Å²) in [7, 11) is 0. The van der Waals surface area contributed by atoms with Gasteiger partial charge >= 0.3 is 57.4 Å². The smallest absolute Gasteiger partial charge is 0.871 e. The van der Waals surface area contributed by atoms with E-state index in [2.05, 4.69) is 63.7 Å². The first kappa shape index (κ1) is 26.6. The van der Waals surface area contributed by atoms with Gasteiger partial charge in [0.25, 0.3) is 0 Å². The van der Waals surface area contributed by atoms with Crippen molar-refractivity contribution in [1.82, 2.24) is 0 Å². The first-order chi connectivity index (χ1) is 14.8. The zero-order valence-electron chi connectivity index (χ0n) is 16.7. The molecule has 0 unspecified atom stereocenters. The van der Waals surface area contributed by atoms with Crippen LogP contribution in [0.2, 0.25) is 0 Å². The van der Waals surface area contributed by atoms with Crippen molar-refractivity contribution in [3.05, 3.63) is 70.1 Å². The van der Waals surface area contributed by atoms with E-state index in [1.54, 1.807) is 43.3 Å². The summed E-state index contributed by atoms with van der Waals surface area (Å²) in [5.41, 5.74) is 2.12. The van der Waals surface area contributed by atoms with Gasteiger partial charge in [-0.25, -0.2) is 4.79 Å². The molecule has 32 heavy (non-hydrogen) atoms. The van der Waals surface area contributed by atoms with Crippen LogP contribution in [0.15, 0.2) is 63.5 Å². The zero-order chi connectivity index (χ0) is 22.4. The monoisotopic (exact) mass is 710 g/mol. The number of halogens is 4. The van der Waals surface area contributed by atoms with E-state index in [9.17, 15) is 14.7 Å². The summed E-state index contributed by atoms with van der Waals surface area (Å²) in [6, 6.07) is 10.3. The normalized spacial score (nSPS) is 10.9. The molecule has 0 bridgehead atoms. The van der Waals surface area contributed by atoms with E-state index < -0.39 is 5.97 Å². The molecule has 5 nitrogen and oxygen atoms in total. The number of carbonyl (C=O) groups excluding carboxylic acids is 1.